The number of imidazole rings is 1. The molecule has 0 amide bonds. The normalized spacial score (nSPS) is 11.3. The fourth-order valence-corrected chi connectivity index (χ4v) is 2.53. The van der Waals surface area contributed by atoms with Crippen LogP contribution in [0.25, 0.3) is 0 Å². The molecule has 0 aliphatic carbocycles. The molecule has 24 heavy (non-hydrogen) atoms. The first-order valence-electron chi connectivity index (χ1n) is 8.52. The molecule has 7 nitrogen and oxygen atoms in total. The Hall–Kier alpha value is -2.25. The molecule has 1 aromatic heterocycles. The number of aromatic nitrogens is 2. The van der Waals surface area contributed by atoms with Gasteiger partial charge in [-0.05, 0) is 24.3 Å². The average Bonchev–Trinajstić information content (AvgIpc) is 2.92. The SMILES string of the molecule is Cn1cc[n+](C)c1N=Nc1ccc(N(CCC[NH3+])CCC[NH3+])cc1. The van der Waals surface area contributed by atoms with Crippen LogP contribution < -0.4 is 20.9 Å². The van der Waals surface area contributed by atoms with Gasteiger partial charge in [0.15, 0.2) is 0 Å². The molecule has 130 valence electrons. The molecule has 0 unspecified atom stereocenters. The minimum atomic E-state index is 0.812. The van der Waals surface area contributed by atoms with Gasteiger partial charge in [-0.2, -0.15) is 0 Å². The van der Waals surface area contributed by atoms with Crippen molar-refractivity contribution in [2.24, 2.45) is 24.3 Å². The van der Waals surface area contributed by atoms with E-state index >= 15 is 0 Å². The molecule has 0 bridgehead atoms. The third-order valence-electron chi connectivity index (χ3n) is 3.97. The second kappa shape index (κ2) is 9.14. The maximum atomic E-state index is 4.34. The van der Waals surface area contributed by atoms with Gasteiger partial charge in [-0.25, -0.2) is 9.13 Å². The highest BCUT2D eigenvalue weighted by atomic mass is 15.3. The molecule has 0 aliphatic rings. The zero-order chi connectivity index (χ0) is 17.4. The third-order valence-corrected chi connectivity index (χ3v) is 3.97. The summed E-state index contributed by atoms with van der Waals surface area (Å²) < 4.78 is 3.88. The van der Waals surface area contributed by atoms with Crippen LogP contribution in [0.3, 0.4) is 0 Å². The van der Waals surface area contributed by atoms with Crippen molar-refractivity contribution in [1.82, 2.24) is 4.57 Å². The number of quaternary nitrogens is 2. The fraction of sp³-hybridized carbons (Fsp3) is 0.471. The van der Waals surface area contributed by atoms with Crippen molar-refractivity contribution in [1.29, 1.82) is 0 Å². The molecule has 0 radical (unpaired) electrons. The lowest BCUT2D eigenvalue weighted by molar-refractivity contribution is -0.657. The lowest BCUT2D eigenvalue weighted by Gasteiger charge is -2.23. The Morgan fingerprint density at radius 2 is 1.67 bits per heavy atom. The predicted octanol–water partition coefficient (Wildman–Crippen LogP) is 0.335. The van der Waals surface area contributed by atoms with Crippen LogP contribution >= 0.6 is 0 Å². The summed E-state index contributed by atoms with van der Waals surface area (Å²) in [5, 5.41) is 8.67. The van der Waals surface area contributed by atoms with Crippen LogP contribution in [0.15, 0.2) is 46.9 Å². The molecule has 0 fully saturated rings. The highest BCUT2D eigenvalue weighted by Gasteiger charge is 2.11. The largest absolute Gasteiger partial charge is 0.421 e. The van der Waals surface area contributed by atoms with E-state index in [9.17, 15) is 0 Å². The Bertz CT molecular complexity index is 618. The average molecular weight is 332 g/mol. The maximum absolute atomic E-state index is 4.34. The summed E-state index contributed by atoms with van der Waals surface area (Å²) >= 11 is 0. The van der Waals surface area contributed by atoms with Crippen molar-refractivity contribution in [3.05, 3.63) is 36.7 Å². The summed E-state index contributed by atoms with van der Waals surface area (Å²) in [4.78, 5) is 2.40. The Balaban J connectivity index is 2.07. The number of hydrogen-bond donors (Lipinski definition) is 2. The van der Waals surface area contributed by atoms with E-state index in [1.807, 2.05) is 47.8 Å². The molecular formula is C17H30N7+3. The zero-order valence-corrected chi connectivity index (χ0v) is 14.9. The molecule has 0 saturated carbocycles. The van der Waals surface area contributed by atoms with E-state index < -0.39 is 0 Å². The van der Waals surface area contributed by atoms with Crippen LogP contribution in [-0.2, 0) is 14.1 Å². The topological polar surface area (TPSA) is 92.0 Å². The minimum absolute atomic E-state index is 0.812. The quantitative estimate of drug-likeness (QED) is 0.503. The molecule has 0 atom stereocenters. The monoisotopic (exact) mass is 332 g/mol. The Kier molecular flexibility index (Phi) is 6.89. The van der Waals surface area contributed by atoms with Gasteiger partial charge in [0, 0.05) is 36.7 Å². The van der Waals surface area contributed by atoms with Gasteiger partial charge in [0.25, 0.3) is 0 Å². The summed E-state index contributed by atoms with van der Waals surface area (Å²) in [5.74, 6) is 0.812. The summed E-state index contributed by atoms with van der Waals surface area (Å²) in [7, 11) is 3.92. The van der Waals surface area contributed by atoms with Crippen molar-refractivity contribution in [2.45, 2.75) is 12.8 Å². The minimum Gasteiger partial charge on any atom is -0.371 e. The van der Waals surface area contributed by atoms with E-state index in [4.69, 9.17) is 0 Å². The van der Waals surface area contributed by atoms with Crippen LogP contribution in [0.5, 0.6) is 0 Å². The van der Waals surface area contributed by atoms with E-state index in [2.05, 4.69) is 38.7 Å². The molecule has 0 aliphatic heterocycles. The lowest BCUT2D eigenvalue weighted by Crippen LogP contribution is -2.52. The number of azo groups is 1. The fourth-order valence-electron chi connectivity index (χ4n) is 2.53. The van der Waals surface area contributed by atoms with Crippen molar-refractivity contribution < 1.29 is 16.0 Å². The van der Waals surface area contributed by atoms with Gasteiger partial charge in [-0.1, -0.05) is 5.11 Å². The van der Waals surface area contributed by atoms with Crippen molar-refractivity contribution in [2.75, 3.05) is 31.1 Å². The van der Waals surface area contributed by atoms with E-state index in [1.165, 1.54) is 5.69 Å². The molecular weight excluding hydrogens is 302 g/mol. The number of anilines is 1. The standard InChI is InChI=1S/C17H28N7/c1-22-13-14-23(2)17(22)21-20-15-5-7-16(8-6-15)24(11-3-9-18)12-4-10-19/h5-8,13-14H,3-4,9-12,18-19H2,1-2H3/q+1/p+2. The van der Waals surface area contributed by atoms with Crippen molar-refractivity contribution in [3.8, 4) is 0 Å². The number of benzene rings is 1. The summed E-state index contributed by atoms with van der Waals surface area (Å²) in [6.45, 7) is 3.98. The van der Waals surface area contributed by atoms with Gasteiger partial charge >= 0.3 is 5.95 Å². The second-order valence-electron chi connectivity index (χ2n) is 5.94. The zero-order valence-electron chi connectivity index (χ0n) is 14.9. The predicted molar refractivity (Wildman–Crippen MR) is 94.2 cm³/mol. The number of aryl methyl sites for hydroxylation is 2. The first-order chi connectivity index (χ1) is 11.7. The summed E-state index contributed by atoms with van der Waals surface area (Å²) in [6.07, 6.45) is 6.12. The van der Waals surface area contributed by atoms with Crippen molar-refractivity contribution in [3.63, 3.8) is 0 Å². The molecule has 0 spiro atoms. The molecule has 2 aromatic rings. The van der Waals surface area contributed by atoms with Gasteiger partial charge in [-0.15, -0.1) is 0 Å². The molecule has 1 aromatic carbocycles. The van der Waals surface area contributed by atoms with Crippen LogP contribution in [0, 0.1) is 0 Å². The molecule has 7 heteroatoms. The number of rotatable bonds is 9. The summed E-state index contributed by atoms with van der Waals surface area (Å²) in [5.41, 5.74) is 9.95. The highest BCUT2D eigenvalue weighted by Crippen LogP contribution is 2.21. The Morgan fingerprint density at radius 1 is 1.04 bits per heavy atom. The highest BCUT2D eigenvalue weighted by molar-refractivity contribution is 5.52. The van der Waals surface area contributed by atoms with Gasteiger partial charge in [-0.3, -0.25) is 0 Å². The van der Waals surface area contributed by atoms with Gasteiger partial charge in [0.2, 0.25) is 0 Å². The van der Waals surface area contributed by atoms with E-state index in [0.29, 0.717) is 0 Å². The lowest BCUT2D eigenvalue weighted by atomic mass is 10.2. The molecule has 6 N–H and O–H groups in total. The maximum Gasteiger partial charge on any atom is 0.421 e. The smallest absolute Gasteiger partial charge is 0.371 e. The van der Waals surface area contributed by atoms with Gasteiger partial charge < -0.3 is 16.4 Å². The first-order valence-corrected chi connectivity index (χ1v) is 8.52. The van der Waals surface area contributed by atoms with E-state index in [1.54, 1.807) is 0 Å². The Morgan fingerprint density at radius 3 is 2.17 bits per heavy atom. The van der Waals surface area contributed by atoms with Gasteiger partial charge in [0.1, 0.15) is 5.69 Å². The first kappa shape index (κ1) is 18.1. The second-order valence-corrected chi connectivity index (χ2v) is 5.94. The van der Waals surface area contributed by atoms with E-state index in [-0.39, 0.29) is 0 Å². The van der Waals surface area contributed by atoms with Crippen LogP contribution in [0.1, 0.15) is 12.8 Å². The number of hydrogen-bond acceptors (Lipinski definition) is 3. The molecule has 0 saturated heterocycles. The summed E-state index contributed by atoms with van der Waals surface area (Å²) in [6, 6.07) is 8.27. The van der Waals surface area contributed by atoms with Crippen LogP contribution in [0.2, 0.25) is 0 Å². The third kappa shape index (κ3) is 4.87. The van der Waals surface area contributed by atoms with Gasteiger partial charge in [0.05, 0.1) is 39.6 Å². The van der Waals surface area contributed by atoms with Crippen molar-refractivity contribution >= 4 is 17.3 Å². The van der Waals surface area contributed by atoms with E-state index in [0.717, 1.165) is 50.7 Å². The van der Waals surface area contributed by atoms with Crippen LogP contribution in [0.4, 0.5) is 17.3 Å². The molecule has 2 rings (SSSR count). The van der Waals surface area contributed by atoms with Crippen LogP contribution in [-0.4, -0.2) is 30.7 Å². The Labute approximate surface area is 143 Å². The number of nitrogens with zero attached hydrogens (tertiary/aromatic N) is 5. The molecule has 1 heterocycles.